The van der Waals surface area contributed by atoms with Gasteiger partial charge in [-0.25, -0.2) is 4.98 Å². The molecule has 0 aliphatic heterocycles. The van der Waals surface area contributed by atoms with Crippen LogP contribution in [0.4, 0.5) is 0 Å². The first-order valence-corrected chi connectivity index (χ1v) is 6.73. The molecular weight excluding hydrogens is 222 g/mol. The van der Waals surface area contributed by atoms with Crippen molar-refractivity contribution in [2.75, 3.05) is 0 Å². The lowest BCUT2D eigenvalue weighted by molar-refractivity contribution is 0.0766. The summed E-state index contributed by atoms with van der Waals surface area (Å²) in [5.74, 6) is 0.535. The summed E-state index contributed by atoms with van der Waals surface area (Å²) >= 11 is 0. The molecule has 0 spiro atoms. The SMILES string of the molecule is CC(C)(C)[SiH2]OC(C)(C)c1nc(CO)co1. The zero-order chi connectivity index (χ0) is 12.4. The van der Waals surface area contributed by atoms with E-state index in [4.69, 9.17) is 13.9 Å². The highest BCUT2D eigenvalue weighted by Crippen LogP contribution is 2.28. The van der Waals surface area contributed by atoms with Crippen molar-refractivity contribution >= 4 is 9.76 Å². The van der Waals surface area contributed by atoms with Gasteiger partial charge in [-0.2, -0.15) is 0 Å². The summed E-state index contributed by atoms with van der Waals surface area (Å²) in [5.41, 5.74) is 0.0384. The summed E-state index contributed by atoms with van der Waals surface area (Å²) in [6.45, 7) is 10.3. The first-order chi connectivity index (χ1) is 7.24. The van der Waals surface area contributed by atoms with Crippen molar-refractivity contribution in [3.05, 3.63) is 17.8 Å². The third kappa shape index (κ3) is 3.73. The molecule has 1 heterocycles. The Kier molecular flexibility index (Phi) is 3.93. The number of hydrogen-bond donors (Lipinski definition) is 1. The predicted octanol–water partition coefficient (Wildman–Crippen LogP) is 1.72. The summed E-state index contributed by atoms with van der Waals surface area (Å²) in [4.78, 5) is 4.18. The maximum atomic E-state index is 8.92. The molecule has 4 nitrogen and oxygen atoms in total. The smallest absolute Gasteiger partial charge is 0.224 e. The standard InChI is InChI=1S/C11H21NO3Si/c1-10(2,3)16-15-11(4,5)9-12-8(6-13)7-14-9/h7,13H,6,16H2,1-5H3. The lowest BCUT2D eigenvalue weighted by Gasteiger charge is -2.27. The van der Waals surface area contributed by atoms with Gasteiger partial charge in [0.2, 0.25) is 5.89 Å². The Morgan fingerprint density at radius 2 is 2.00 bits per heavy atom. The Labute approximate surface area is 99.0 Å². The Balaban J connectivity index is 2.69. The van der Waals surface area contributed by atoms with Crippen molar-refractivity contribution in [2.24, 2.45) is 0 Å². The number of aliphatic hydroxyl groups excluding tert-OH is 1. The fourth-order valence-electron chi connectivity index (χ4n) is 1.11. The summed E-state index contributed by atoms with van der Waals surface area (Å²) in [7, 11) is -0.658. The lowest BCUT2D eigenvalue weighted by Crippen LogP contribution is -2.28. The molecule has 0 fully saturated rings. The molecule has 0 aromatic carbocycles. The number of nitrogens with zero attached hydrogens (tertiary/aromatic N) is 1. The maximum Gasteiger partial charge on any atom is 0.224 e. The van der Waals surface area contributed by atoms with Gasteiger partial charge in [-0.15, -0.1) is 0 Å². The summed E-state index contributed by atoms with van der Waals surface area (Å²) in [6, 6.07) is 0. The van der Waals surface area contributed by atoms with E-state index in [-0.39, 0.29) is 11.6 Å². The van der Waals surface area contributed by atoms with Crippen LogP contribution in [0.25, 0.3) is 0 Å². The normalized spacial score (nSPS) is 13.9. The van der Waals surface area contributed by atoms with Gasteiger partial charge in [0.25, 0.3) is 0 Å². The summed E-state index contributed by atoms with van der Waals surface area (Å²) in [5, 5.41) is 9.16. The van der Waals surface area contributed by atoms with E-state index in [0.29, 0.717) is 11.6 Å². The molecule has 0 radical (unpaired) electrons. The third-order valence-electron chi connectivity index (χ3n) is 2.09. The van der Waals surface area contributed by atoms with E-state index in [1.165, 1.54) is 6.26 Å². The average molecular weight is 243 g/mol. The van der Waals surface area contributed by atoms with Gasteiger partial charge in [-0.1, -0.05) is 20.8 Å². The van der Waals surface area contributed by atoms with Crippen LogP contribution < -0.4 is 0 Å². The van der Waals surface area contributed by atoms with Gasteiger partial charge in [-0.05, 0) is 18.9 Å². The van der Waals surface area contributed by atoms with E-state index in [0.717, 1.165) is 0 Å². The van der Waals surface area contributed by atoms with Crippen molar-refractivity contribution in [1.29, 1.82) is 0 Å². The van der Waals surface area contributed by atoms with E-state index >= 15 is 0 Å². The van der Waals surface area contributed by atoms with Gasteiger partial charge < -0.3 is 13.9 Å². The van der Waals surface area contributed by atoms with Crippen LogP contribution in [-0.4, -0.2) is 19.9 Å². The van der Waals surface area contributed by atoms with Crippen LogP contribution in [0.2, 0.25) is 5.04 Å². The summed E-state index contributed by atoms with van der Waals surface area (Å²) in [6.07, 6.45) is 1.47. The molecule has 1 rings (SSSR count). The third-order valence-corrected chi connectivity index (χ3v) is 3.83. The van der Waals surface area contributed by atoms with E-state index < -0.39 is 15.4 Å². The molecule has 0 aliphatic rings. The summed E-state index contributed by atoms with van der Waals surface area (Å²) < 4.78 is 11.3. The van der Waals surface area contributed by atoms with Crippen LogP contribution in [0.15, 0.2) is 10.7 Å². The van der Waals surface area contributed by atoms with Gasteiger partial charge in [-0.3, -0.25) is 0 Å². The molecule has 0 saturated heterocycles. The van der Waals surface area contributed by atoms with Crippen molar-refractivity contribution in [3.8, 4) is 0 Å². The van der Waals surface area contributed by atoms with E-state index in [9.17, 15) is 0 Å². The van der Waals surface area contributed by atoms with Crippen molar-refractivity contribution in [2.45, 2.75) is 51.9 Å². The fourth-order valence-corrected chi connectivity index (χ4v) is 2.03. The second-order valence-electron chi connectivity index (χ2n) is 5.66. The number of oxazole rings is 1. The van der Waals surface area contributed by atoms with Crippen LogP contribution in [0.5, 0.6) is 0 Å². The Hall–Kier alpha value is -0.653. The number of hydrogen-bond acceptors (Lipinski definition) is 4. The van der Waals surface area contributed by atoms with Crippen LogP contribution >= 0.6 is 0 Å². The van der Waals surface area contributed by atoms with E-state index in [2.05, 4.69) is 25.8 Å². The molecule has 92 valence electrons. The molecule has 0 aliphatic carbocycles. The van der Waals surface area contributed by atoms with Gasteiger partial charge in [0.15, 0.2) is 9.76 Å². The maximum absolute atomic E-state index is 8.92. The lowest BCUT2D eigenvalue weighted by atomic mass is 10.1. The zero-order valence-electron chi connectivity index (χ0n) is 10.7. The fraction of sp³-hybridized carbons (Fsp3) is 0.727. The molecule has 5 heteroatoms. The second-order valence-corrected chi connectivity index (χ2v) is 8.36. The van der Waals surface area contributed by atoms with Crippen molar-refractivity contribution in [3.63, 3.8) is 0 Å². The Morgan fingerprint density at radius 1 is 1.38 bits per heavy atom. The van der Waals surface area contributed by atoms with Crippen LogP contribution in [-0.2, 0) is 16.6 Å². The molecule has 0 atom stereocenters. The van der Waals surface area contributed by atoms with Gasteiger partial charge in [0, 0.05) is 0 Å². The quantitative estimate of drug-likeness (QED) is 0.818. The molecule has 0 bridgehead atoms. The zero-order valence-corrected chi connectivity index (χ0v) is 12.1. The highest BCUT2D eigenvalue weighted by molar-refractivity contribution is 6.31. The van der Waals surface area contributed by atoms with Crippen LogP contribution in [0.1, 0.15) is 46.2 Å². The first-order valence-electron chi connectivity index (χ1n) is 5.44. The molecule has 0 saturated carbocycles. The molecule has 1 aromatic heterocycles. The highest BCUT2D eigenvalue weighted by Gasteiger charge is 2.29. The molecule has 16 heavy (non-hydrogen) atoms. The largest absolute Gasteiger partial charge is 0.446 e. The second kappa shape index (κ2) is 4.69. The molecular formula is C11H21NO3Si. The predicted molar refractivity (Wildman–Crippen MR) is 64.8 cm³/mol. The number of aromatic nitrogens is 1. The monoisotopic (exact) mass is 243 g/mol. The highest BCUT2D eigenvalue weighted by atomic mass is 28.2. The molecule has 1 N–H and O–H groups in total. The van der Waals surface area contributed by atoms with Gasteiger partial charge >= 0.3 is 0 Å². The topological polar surface area (TPSA) is 55.5 Å². The minimum Gasteiger partial charge on any atom is -0.446 e. The van der Waals surface area contributed by atoms with E-state index in [1.54, 1.807) is 0 Å². The van der Waals surface area contributed by atoms with Crippen molar-refractivity contribution in [1.82, 2.24) is 4.98 Å². The van der Waals surface area contributed by atoms with E-state index in [1.807, 2.05) is 13.8 Å². The van der Waals surface area contributed by atoms with Crippen LogP contribution in [0.3, 0.4) is 0 Å². The van der Waals surface area contributed by atoms with Crippen molar-refractivity contribution < 1.29 is 13.9 Å². The first kappa shape index (κ1) is 13.4. The van der Waals surface area contributed by atoms with Gasteiger partial charge in [0.05, 0.1) is 6.61 Å². The Bertz CT molecular complexity index is 341. The molecule has 0 unspecified atom stereocenters. The number of rotatable bonds is 4. The minimum atomic E-state index is -0.658. The molecule has 0 amide bonds. The average Bonchev–Trinajstić information content (AvgIpc) is 2.62. The minimum absolute atomic E-state index is 0.101. The molecule has 1 aromatic rings. The Morgan fingerprint density at radius 3 is 2.44 bits per heavy atom. The number of aliphatic hydroxyl groups is 1. The van der Waals surface area contributed by atoms with Gasteiger partial charge in [0.1, 0.15) is 17.6 Å². The van der Waals surface area contributed by atoms with Crippen LogP contribution in [0, 0.1) is 0 Å².